The molecule has 0 aromatic heterocycles. The van der Waals surface area contributed by atoms with Crippen LogP contribution in [0.5, 0.6) is 0 Å². The molecule has 6 fully saturated rings. The van der Waals surface area contributed by atoms with Gasteiger partial charge < -0.3 is 0 Å². The number of hydrogen-bond acceptors (Lipinski definition) is 0. The molecule has 7 atom stereocenters. The van der Waals surface area contributed by atoms with E-state index in [1.165, 1.54) is 12.8 Å². The summed E-state index contributed by atoms with van der Waals surface area (Å²) in [4.78, 5) is 0. The summed E-state index contributed by atoms with van der Waals surface area (Å²) in [6.45, 7) is 10.5. The maximum Gasteiger partial charge on any atom is -0.0255 e. The average molecular weight is 272 g/mol. The molecule has 0 unspecified atom stereocenters. The van der Waals surface area contributed by atoms with Crippen LogP contribution in [0.1, 0.15) is 79.1 Å². The molecule has 6 rings (SSSR count). The third kappa shape index (κ3) is 1.16. The predicted octanol–water partition coefficient (Wildman–Crippen LogP) is 5.67. The van der Waals surface area contributed by atoms with Crippen LogP contribution in [-0.4, -0.2) is 0 Å². The summed E-state index contributed by atoms with van der Waals surface area (Å²) in [6, 6.07) is 0. The van der Waals surface area contributed by atoms with Crippen LogP contribution in [0.15, 0.2) is 0 Å². The van der Waals surface area contributed by atoms with Crippen LogP contribution >= 0.6 is 0 Å². The second-order valence-corrected chi connectivity index (χ2v) is 10.7. The molecule has 0 aromatic rings. The van der Waals surface area contributed by atoms with Gasteiger partial charge in [0.2, 0.25) is 0 Å². The fraction of sp³-hybridized carbons (Fsp3) is 1.00. The Kier molecular flexibility index (Phi) is 1.99. The molecule has 112 valence electrons. The van der Waals surface area contributed by atoms with Crippen LogP contribution in [0.4, 0.5) is 0 Å². The van der Waals surface area contributed by atoms with Gasteiger partial charge in [-0.25, -0.2) is 0 Å². The maximum absolute atomic E-state index is 2.72. The lowest BCUT2D eigenvalue weighted by Crippen LogP contribution is -2.57. The van der Waals surface area contributed by atoms with Gasteiger partial charge in [0.15, 0.2) is 0 Å². The highest BCUT2D eigenvalue weighted by Gasteiger charge is 2.78. The minimum Gasteiger partial charge on any atom is -0.0596 e. The van der Waals surface area contributed by atoms with Gasteiger partial charge in [0, 0.05) is 0 Å². The van der Waals surface area contributed by atoms with Gasteiger partial charge in [-0.3, -0.25) is 0 Å². The van der Waals surface area contributed by atoms with Gasteiger partial charge in [-0.2, -0.15) is 0 Å². The molecule has 0 amide bonds. The van der Waals surface area contributed by atoms with E-state index in [0.29, 0.717) is 10.8 Å². The topological polar surface area (TPSA) is 0 Å². The standard InChI is InChI=1S/C20H32/c1-17(2)7-5-8-18(3)15(17)6-9-20-11-14-13(10-16(18)20)19(14,4)12-20/h13-16H,5-12H2,1-4H3/t13-,14+,15-,16+,18-,19-,20+/m1/s1. The summed E-state index contributed by atoms with van der Waals surface area (Å²) in [7, 11) is 0. The van der Waals surface area contributed by atoms with Gasteiger partial charge in [-0.05, 0) is 90.3 Å². The van der Waals surface area contributed by atoms with Crippen molar-refractivity contribution in [2.45, 2.75) is 79.1 Å². The zero-order valence-corrected chi connectivity index (χ0v) is 14.0. The first-order chi connectivity index (χ1) is 9.32. The van der Waals surface area contributed by atoms with E-state index in [1.807, 2.05) is 0 Å². The SMILES string of the molecule is CC1(C)CCC[C@]2(C)[C@@H]1CC[C@@]13C[C@H]4[C@@H](C[C@H]12)[C@@]4(C)C3. The van der Waals surface area contributed by atoms with Crippen molar-refractivity contribution < 1.29 is 0 Å². The first-order valence-corrected chi connectivity index (χ1v) is 9.32. The summed E-state index contributed by atoms with van der Waals surface area (Å²) >= 11 is 0. The molecule has 4 bridgehead atoms. The van der Waals surface area contributed by atoms with Gasteiger partial charge >= 0.3 is 0 Å². The van der Waals surface area contributed by atoms with Crippen LogP contribution in [0, 0.1) is 45.3 Å². The summed E-state index contributed by atoms with van der Waals surface area (Å²) in [5.74, 6) is 4.39. The van der Waals surface area contributed by atoms with Crippen molar-refractivity contribution in [1.82, 2.24) is 0 Å². The average Bonchev–Trinajstić information content (AvgIpc) is 2.80. The lowest BCUT2D eigenvalue weighted by atomic mass is 9.40. The van der Waals surface area contributed by atoms with Crippen LogP contribution in [0.25, 0.3) is 0 Å². The minimum atomic E-state index is 0.613. The van der Waals surface area contributed by atoms with E-state index < -0.39 is 0 Å². The predicted molar refractivity (Wildman–Crippen MR) is 83.3 cm³/mol. The highest BCUT2D eigenvalue weighted by atomic mass is 14.8. The van der Waals surface area contributed by atoms with Crippen molar-refractivity contribution in [2.75, 3.05) is 0 Å². The molecule has 6 aliphatic rings. The van der Waals surface area contributed by atoms with E-state index in [9.17, 15) is 0 Å². The van der Waals surface area contributed by atoms with Gasteiger partial charge in [0.05, 0.1) is 0 Å². The first kappa shape index (κ1) is 12.5. The lowest BCUT2D eigenvalue weighted by molar-refractivity contribution is -0.160. The first-order valence-electron chi connectivity index (χ1n) is 9.32. The van der Waals surface area contributed by atoms with Crippen LogP contribution in [-0.2, 0) is 0 Å². The monoisotopic (exact) mass is 272 g/mol. The zero-order chi connectivity index (χ0) is 14.0. The molecule has 0 radical (unpaired) electrons. The Balaban J connectivity index is 1.57. The van der Waals surface area contributed by atoms with Crippen molar-refractivity contribution in [3.05, 3.63) is 0 Å². The Morgan fingerprint density at radius 1 is 0.800 bits per heavy atom. The molecular formula is C20H32. The van der Waals surface area contributed by atoms with Gasteiger partial charge in [-0.1, -0.05) is 34.1 Å². The molecule has 0 heteroatoms. The number of hydrogen-bond donors (Lipinski definition) is 0. The largest absolute Gasteiger partial charge is 0.0596 e. The molecule has 0 aliphatic heterocycles. The van der Waals surface area contributed by atoms with E-state index >= 15 is 0 Å². The molecule has 0 N–H and O–H groups in total. The number of rotatable bonds is 0. The van der Waals surface area contributed by atoms with Gasteiger partial charge in [-0.15, -0.1) is 0 Å². The molecule has 0 heterocycles. The Morgan fingerprint density at radius 3 is 2.30 bits per heavy atom. The highest BCUT2D eigenvalue weighted by molar-refractivity contribution is 5.26. The smallest absolute Gasteiger partial charge is 0.0255 e. The normalized spacial score (nSPS) is 65.4. The molecule has 1 spiro atoms. The van der Waals surface area contributed by atoms with E-state index in [2.05, 4.69) is 27.7 Å². The van der Waals surface area contributed by atoms with Crippen molar-refractivity contribution in [3.8, 4) is 0 Å². The summed E-state index contributed by atoms with van der Waals surface area (Å²) in [5.41, 5.74) is 2.91. The van der Waals surface area contributed by atoms with Crippen LogP contribution in [0.3, 0.4) is 0 Å². The van der Waals surface area contributed by atoms with E-state index in [-0.39, 0.29) is 0 Å². The van der Waals surface area contributed by atoms with Crippen LogP contribution in [0.2, 0.25) is 0 Å². The maximum atomic E-state index is 2.72. The van der Waals surface area contributed by atoms with Gasteiger partial charge in [0.1, 0.15) is 0 Å². The number of fused-ring (bicyclic) bond motifs is 1. The van der Waals surface area contributed by atoms with Crippen LogP contribution < -0.4 is 0 Å². The highest BCUT2D eigenvalue weighted by Crippen LogP contribution is 2.85. The fourth-order valence-corrected chi connectivity index (χ4v) is 8.94. The molecule has 0 nitrogen and oxygen atoms in total. The van der Waals surface area contributed by atoms with E-state index in [0.717, 1.165) is 34.5 Å². The Labute approximate surface area is 125 Å². The second kappa shape index (κ2) is 3.18. The Morgan fingerprint density at radius 2 is 1.60 bits per heavy atom. The summed E-state index contributed by atoms with van der Waals surface area (Å²) in [6.07, 6.45) is 12.5. The lowest BCUT2D eigenvalue weighted by Gasteiger charge is -2.65. The van der Waals surface area contributed by atoms with E-state index in [1.54, 1.807) is 38.5 Å². The second-order valence-electron chi connectivity index (χ2n) is 10.7. The Hall–Kier alpha value is 0. The summed E-state index contributed by atoms with van der Waals surface area (Å²) < 4.78 is 0. The molecule has 0 aromatic carbocycles. The third-order valence-corrected chi connectivity index (χ3v) is 9.66. The fourth-order valence-electron chi connectivity index (χ4n) is 8.94. The van der Waals surface area contributed by atoms with Crippen molar-refractivity contribution in [3.63, 3.8) is 0 Å². The zero-order valence-electron chi connectivity index (χ0n) is 14.0. The quantitative estimate of drug-likeness (QED) is 0.533. The molecule has 0 saturated heterocycles. The third-order valence-electron chi connectivity index (χ3n) is 9.66. The van der Waals surface area contributed by atoms with Gasteiger partial charge in [0.25, 0.3) is 0 Å². The molecule has 20 heavy (non-hydrogen) atoms. The molecule has 6 saturated carbocycles. The Bertz CT molecular complexity index is 476. The summed E-state index contributed by atoms with van der Waals surface area (Å²) in [5, 5.41) is 0. The minimum absolute atomic E-state index is 0.613. The molecule has 6 aliphatic carbocycles. The van der Waals surface area contributed by atoms with Crippen molar-refractivity contribution in [2.24, 2.45) is 45.3 Å². The van der Waals surface area contributed by atoms with E-state index in [4.69, 9.17) is 0 Å². The molecular weight excluding hydrogens is 240 g/mol. The van der Waals surface area contributed by atoms with Crippen molar-refractivity contribution in [1.29, 1.82) is 0 Å². The van der Waals surface area contributed by atoms with Crippen molar-refractivity contribution >= 4 is 0 Å².